The summed E-state index contributed by atoms with van der Waals surface area (Å²) in [7, 11) is 0. The number of pyridine rings is 1. The van der Waals surface area contributed by atoms with E-state index in [0.717, 1.165) is 12.0 Å². The van der Waals surface area contributed by atoms with Gasteiger partial charge in [0.1, 0.15) is 0 Å². The van der Waals surface area contributed by atoms with E-state index in [-0.39, 0.29) is 11.5 Å². The first-order valence-electron chi connectivity index (χ1n) is 8.32. The molecular weight excluding hydrogens is 366 g/mol. The number of rotatable bonds is 7. The standard InChI is InChI=1S/C18H17N5O3S/c1-3-10-22-17(13-6-8-19-9-7-13)20-21-18(22)27-16-5-4-14(12(2)24)11-15(16)23(25)26/h4-9,11H,3,10H2,1-2H3. The van der Waals surface area contributed by atoms with Crippen LogP contribution in [0, 0.1) is 10.1 Å². The van der Waals surface area contributed by atoms with Crippen LogP contribution in [0.4, 0.5) is 5.69 Å². The molecule has 8 nitrogen and oxygen atoms in total. The molecule has 9 heteroatoms. The molecule has 0 aliphatic rings. The Balaban J connectivity index is 2.02. The molecule has 0 spiro atoms. The SMILES string of the molecule is CCCn1c(Sc2ccc(C(C)=O)cc2[N+](=O)[O-])nnc1-c1ccncc1. The first kappa shape index (κ1) is 18.7. The van der Waals surface area contributed by atoms with E-state index in [9.17, 15) is 14.9 Å². The molecule has 0 unspecified atom stereocenters. The number of Topliss-reactive ketones (excluding diaryl/α,β-unsaturated/α-hetero) is 1. The molecule has 0 fully saturated rings. The molecular formula is C18H17N5O3S. The molecule has 2 aromatic heterocycles. The van der Waals surface area contributed by atoms with Gasteiger partial charge in [0.2, 0.25) is 0 Å². The summed E-state index contributed by atoms with van der Waals surface area (Å²) in [6, 6.07) is 8.15. The van der Waals surface area contributed by atoms with Crippen molar-refractivity contribution < 1.29 is 9.72 Å². The first-order valence-corrected chi connectivity index (χ1v) is 9.13. The number of carbonyl (C=O) groups is 1. The van der Waals surface area contributed by atoms with Gasteiger partial charge >= 0.3 is 0 Å². The van der Waals surface area contributed by atoms with E-state index in [2.05, 4.69) is 15.2 Å². The van der Waals surface area contributed by atoms with Gasteiger partial charge in [0, 0.05) is 36.1 Å². The summed E-state index contributed by atoms with van der Waals surface area (Å²) in [6.45, 7) is 4.09. The van der Waals surface area contributed by atoms with Crippen molar-refractivity contribution in [1.29, 1.82) is 0 Å². The maximum atomic E-state index is 11.5. The molecule has 0 aliphatic carbocycles. The Morgan fingerprint density at radius 1 is 1.22 bits per heavy atom. The van der Waals surface area contributed by atoms with Gasteiger partial charge < -0.3 is 4.57 Å². The third-order valence-corrected chi connectivity index (χ3v) is 4.92. The summed E-state index contributed by atoms with van der Waals surface area (Å²) in [4.78, 5) is 26.9. The fourth-order valence-electron chi connectivity index (χ4n) is 2.57. The average Bonchev–Trinajstić information content (AvgIpc) is 3.05. The van der Waals surface area contributed by atoms with Crippen molar-refractivity contribution >= 4 is 23.2 Å². The van der Waals surface area contributed by atoms with Crippen molar-refractivity contribution in [2.24, 2.45) is 0 Å². The monoisotopic (exact) mass is 383 g/mol. The normalized spacial score (nSPS) is 10.7. The fourth-order valence-corrected chi connectivity index (χ4v) is 3.51. The Bertz CT molecular complexity index is 988. The van der Waals surface area contributed by atoms with Gasteiger partial charge in [-0.2, -0.15) is 0 Å². The highest BCUT2D eigenvalue weighted by molar-refractivity contribution is 7.99. The number of ketones is 1. The topological polar surface area (TPSA) is 104 Å². The maximum absolute atomic E-state index is 11.5. The van der Waals surface area contributed by atoms with Gasteiger partial charge in [-0.25, -0.2) is 0 Å². The highest BCUT2D eigenvalue weighted by Gasteiger charge is 2.21. The summed E-state index contributed by atoms with van der Waals surface area (Å²) in [5.74, 6) is 0.466. The molecule has 0 N–H and O–H groups in total. The average molecular weight is 383 g/mol. The van der Waals surface area contributed by atoms with Crippen LogP contribution in [0.2, 0.25) is 0 Å². The zero-order chi connectivity index (χ0) is 19.4. The Morgan fingerprint density at radius 2 is 1.96 bits per heavy atom. The molecule has 2 heterocycles. The minimum atomic E-state index is -0.487. The van der Waals surface area contributed by atoms with E-state index in [1.807, 2.05) is 23.6 Å². The summed E-state index contributed by atoms with van der Waals surface area (Å²) in [6.07, 6.45) is 4.21. The number of aromatic nitrogens is 4. The number of nitro benzene ring substituents is 1. The molecule has 138 valence electrons. The lowest BCUT2D eigenvalue weighted by Gasteiger charge is -2.09. The van der Waals surface area contributed by atoms with E-state index in [1.54, 1.807) is 24.5 Å². The Hall–Kier alpha value is -3.07. The van der Waals surface area contributed by atoms with Crippen molar-refractivity contribution in [3.8, 4) is 11.4 Å². The minimum absolute atomic E-state index is 0.121. The second kappa shape index (κ2) is 8.09. The van der Waals surface area contributed by atoms with E-state index < -0.39 is 4.92 Å². The second-order valence-corrected chi connectivity index (χ2v) is 6.80. The molecule has 0 radical (unpaired) electrons. The summed E-state index contributed by atoms with van der Waals surface area (Å²) < 4.78 is 1.93. The maximum Gasteiger partial charge on any atom is 0.284 e. The number of benzene rings is 1. The summed E-state index contributed by atoms with van der Waals surface area (Å²) in [5, 5.41) is 20.5. The predicted octanol–water partition coefficient (Wildman–Crippen LogP) is 4.01. The lowest BCUT2D eigenvalue weighted by atomic mass is 10.1. The predicted molar refractivity (Wildman–Crippen MR) is 101 cm³/mol. The van der Waals surface area contributed by atoms with Crippen LogP contribution in [0.25, 0.3) is 11.4 Å². The molecule has 1 aromatic carbocycles. The number of carbonyl (C=O) groups excluding carboxylic acids is 1. The number of nitrogens with zero attached hydrogens (tertiary/aromatic N) is 5. The van der Waals surface area contributed by atoms with Crippen LogP contribution in [0.1, 0.15) is 30.6 Å². The first-order chi connectivity index (χ1) is 13.0. The highest BCUT2D eigenvalue weighted by Crippen LogP contribution is 2.36. The molecule has 0 saturated heterocycles. The zero-order valence-electron chi connectivity index (χ0n) is 14.8. The largest absolute Gasteiger partial charge is 0.302 e. The zero-order valence-corrected chi connectivity index (χ0v) is 15.6. The third-order valence-electron chi connectivity index (χ3n) is 3.87. The van der Waals surface area contributed by atoms with Crippen LogP contribution in [-0.2, 0) is 6.54 Å². The minimum Gasteiger partial charge on any atom is -0.302 e. The number of hydrogen-bond donors (Lipinski definition) is 0. The van der Waals surface area contributed by atoms with Crippen LogP contribution in [0.15, 0.2) is 52.8 Å². The van der Waals surface area contributed by atoms with Crippen LogP contribution in [0.3, 0.4) is 0 Å². The van der Waals surface area contributed by atoms with E-state index in [1.165, 1.54) is 24.8 Å². The third kappa shape index (κ3) is 4.03. The molecule has 3 rings (SSSR count). The molecule has 0 atom stereocenters. The Labute approximate surface area is 159 Å². The van der Waals surface area contributed by atoms with E-state index >= 15 is 0 Å². The quantitative estimate of drug-likeness (QED) is 0.345. The lowest BCUT2D eigenvalue weighted by Crippen LogP contribution is -2.02. The summed E-state index contributed by atoms with van der Waals surface area (Å²) >= 11 is 1.17. The van der Waals surface area contributed by atoms with Crippen LogP contribution in [-0.4, -0.2) is 30.5 Å². The van der Waals surface area contributed by atoms with Gasteiger partial charge in [0.05, 0.1) is 9.82 Å². The Kier molecular flexibility index (Phi) is 5.60. The van der Waals surface area contributed by atoms with Gasteiger partial charge in [-0.05, 0) is 49.4 Å². The van der Waals surface area contributed by atoms with Crippen molar-refractivity contribution in [1.82, 2.24) is 19.7 Å². The van der Waals surface area contributed by atoms with Crippen LogP contribution >= 0.6 is 11.8 Å². The van der Waals surface area contributed by atoms with Gasteiger partial charge in [0.25, 0.3) is 5.69 Å². The van der Waals surface area contributed by atoms with E-state index in [0.29, 0.717) is 28.0 Å². The van der Waals surface area contributed by atoms with Crippen LogP contribution < -0.4 is 0 Å². The van der Waals surface area contributed by atoms with Gasteiger partial charge in [-0.1, -0.05) is 6.92 Å². The van der Waals surface area contributed by atoms with Gasteiger partial charge in [-0.3, -0.25) is 19.9 Å². The lowest BCUT2D eigenvalue weighted by molar-refractivity contribution is -0.387. The Morgan fingerprint density at radius 3 is 2.59 bits per heavy atom. The van der Waals surface area contributed by atoms with Gasteiger partial charge in [-0.15, -0.1) is 10.2 Å². The van der Waals surface area contributed by atoms with Crippen molar-refractivity contribution in [2.45, 2.75) is 36.9 Å². The van der Waals surface area contributed by atoms with Crippen molar-refractivity contribution in [2.75, 3.05) is 0 Å². The molecule has 0 bridgehead atoms. The van der Waals surface area contributed by atoms with Crippen LogP contribution in [0.5, 0.6) is 0 Å². The smallest absolute Gasteiger partial charge is 0.284 e. The number of hydrogen-bond acceptors (Lipinski definition) is 7. The van der Waals surface area contributed by atoms with Gasteiger partial charge in [0.15, 0.2) is 16.8 Å². The highest BCUT2D eigenvalue weighted by atomic mass is 32.2. The van der Waals surface area contributed by atoms with Crippen molar-refractivity contribution in [3.63, 3.8) is 0 Å². The number of nitro groups is 1. The second-order valence-electron chi connectivity index (χ2n) is 5.79. The molecule has 0 amide bonds. The van der Waals surface area contributed by atoms with E-state index in [4.69, 9.17) is 0 Å². The molecule has 3 aromatic rings. The summed E-state index contributed by atoms with van der Waals surface area (Å²) in [5.41, 5.74) is 1.06. The molecule has 27 heavy (non-hydrogen) atoms. The molecule has 0 aliphatic heterocycles. The fraction of sp³-hybridized carbons (Fsp3) is 0.222. The molecule has 0 saturated carbocycles. The van der Waals surface area contributed by atoms with Crippen molar-refractivity contribution in [3.05, 3.63) is 58.4 Å².